The highest BCUT2D eigenvalue weighted by molar-refractivity contribution is 6.60. The second kappa shape index (κ2) is 11.4. The Labute approximate surface area is 176 Å². The second-order valence-electron chi connectivity index (χ2n) is 7.35. The van der Waals surface area contributed by atoms with Crippen molar-refractivity contribution in [3.63, 3.8) is 0 Å². The molecule has 5 nitrogen and oxygen atoms in total. The lowest BCUT2D eigenvalue weighted by atomic mass is 9.96. The van der Waals surface area contributed by atoms with Gasteiger partial charge in [-0.3, -0.25) is 0 Å². The maximum atomic E-state index is 10.5. The molecular formula is C23H35NO4Si. The average Bonchev–Trinajstić information content (AvgIpc) is 2.77. The minimum absolute atomic E-state index is 0.340. The Balaban J connectivity index is 2.20. The topological polar surface area (TPSA) is 51.2 Å². The first-order chi connectivity index (χ1) is 14.0. The van der Waals surface area contributed by atoms with Gasteiger partial charge in [0, 0.05) is 51.7 Å². The van der Waals surface area contributed by atoms with E-state index in [2.05, 4.69) is 36.9 Å². The molecule has 0 bridgehead atoms. The predicted molar refractivity (Wildman–Crippen MR) is 121 cm³/mol. The molecule has 0 spiro atoms. The summed E-state index contributed by atoms with van der Waals surface area (Å²) in [6.45, 7) is 5.85. The van der Waals surface area contributed by atoms with Gasteiger partial charge in [0.15, 0.2) is 0 Å². The first-order valence-electron chi connectivity index (χ1n) is 10.3. The van der Waals surface area contributed by atoms with Crippen molar-refractivity contribution in [2.75, 3.05) is 32.8 Å². The fraction of sp³-hybridized carbons (Fsp3) is 0.478. The van der Waals surface area contributed by atoms with Crippen molar-refractivity contribution in [1.29, 1.82) is 0 Å². The molecule has 0 aliphatic rings. The molecular weight excluding hydrogens is 382 g/mol. The third-order valence-corrected chi connectivity index (χ3v) is 8.44. The maximum absolute atomic E-state index is 10.5. The molecule has 0 saturated heterocycles. The van der Waals surface area contributed by atoms with Crippen molar-refractivity contribution in [2.45, 2.75) is 45.2 Å². The molecule has 0 fully saturated rings. The van der Waals surface area contributed by atoms with Crippen LogP contribution in [0.3, 0.4) is 0 Å². The zero-order valence-electron chi connectivity index (χ0n) is 18.4. The second-order valence-corrected chi connectivity index (χ2v) is 10.4. The quantitative estimate of drug-likeness (QED) is 0.482. The Morgan fingerprint density at radius 3 is 2.24 bits per heavy atom. The Kier molecular flexibility index (Phi) is 9.17. The summed E-state index contributed by atoms with van der Waals surface area (Å²) in [5.74, 6) is 0.809. The number of phenolic OH excluding ortho intramolecular Hbond substituents is 1. The van der Waals surface area contributed by atoms with Crippen LogP contribution in [0.5, 0.6) is 5.75 Å². The molecule has 2 aromatic carbocycles. The van der Waals surface area contributed by atoms with E-state index in [1.165, 1.54) is 5.56 Å². The molecule has 2 aromatic rings. The van der Waals surface area contributed by atoms with Crippen LogP contribution >= 0.6 is 0 Å². The van der Waals surface area contributed by atoms with Gasteiger partial charge < -0.3 is 23.3 Å². The maximum Gasteiger partial charge on any atom is 0.500 e. The van der Waals surface area contributed by atoms with Gasteiger partial charge in [-0.1, -0.05) is 44.2 Å². The van der Waals surface area contributed by atoms with Crippen molar-refractivity contribution in [3.05, 3.63) is 59.7 Å². The van der Waals surface area contributed by atoms with E-state index in [9.17, 15) is 5.11 Å². The van der Waals surface area contributed by atoms with E-state index < -0.39 is 8.80 Å². The normalized spacial score (nSPS) is 12.7. The van der Waals surface area contributed by atoms with Crippen LogP contribution in [0.15, 0.2) is 48.5 Å². The van der Waals surface area contributed by atoms with Crippen molar-refractivity contribution in [3.8, 4) is 5.75 Å². The van der Waals surface area contributed by atoms with Gasteiger partial charge in [-0.15, -0.1) is 0 Å². The van der Waals surface area contributed by atoms with Crippen LogP contribution in [-0.2, 0) is 19.8 Å². The molecule has 1 atom stereocenters. The molecule has 1 unspecified atom stereocenters. The van der Waals surface area contributed by atoms with Crippen molar-refractivity contribution >= 4 is 14.5 Å². The summed E-state index contributed by atoms with van der Waals surface area (Å²) in [4.78, 5) is 2.29. The van der Waals surface area contributed by atoms with E-state index in [1.54, 1.807) is 21.3 Å². The van der Waals surface area contributed by atoms with Gasteiger partial charge in [0.25, 0.3) is 0 Å². The Morgan fingerprint density at radius 1 is 1.00 bits per heavy atom. The molecule has 0 aliphatic heterocycles. The summed E-state index contributed by atoms with van der Waals surface area (Å²) in [5.41, 5.74) is 3.33. The standard InChI is InChI=1S/C23H35NO4Si/c1-6-19(2)20-13-14-23(25)21(17-20)18-24(22-11-8-7-9-12-22)15-10-16-29(26-3,27-4)28-5/h7-9,11-14,17,19,25H,6,10,15-16,18H2,1-5H3. The van der Waals surface area contributed by atoms with Crippen LogP contribution in [-0.4, -0.2) is 41.8 Å². The monoisotopic (exact) mass is 417 g/mol. The van der Waals surface area contributed by atoms with Gasteiger partial charge >= 0.3 is 8.80 Å². The van der Waals surface area contributed by atoms with Gasteiger partial charge in [0.05, 0.1) is 0 Å². The number of aromatic hydroxyl groups is 1. The lowest BCUT2D eigenvalue weighted by Crippen LogP contribution is -2.43. The van der Waals surface area contributed by atoms with Gasteiger partial charge in [-0.25, -0.2) is 0 Å². The van der Waals surface area contributed by atoms with Crippen LogP contribution in [0, 0.1) is 0 Å². The third-order valence-electron chi connectivity index (χ3n) is 5.61. The zero-order chi connectivity index (χ0) is 21.3. The van der Waals surface area contributed by atoms with Crippen LogP contribution in [0.2, 0.25) is 6.04 Å². The minimum Gasteiger partial charge on any atom is -0.508 e. The fourth-order valence-electron chi connectivity index (χ4n) is 3.46. The van der Waals surface area contributed by atoms with Crippen LogP contribution in [0.4, 0.5) is 5.69 Å². The number of hydrogen-bond donors (Lipinski definition) is 1. The van der Waals surface area contributed by atoms with Crippen LogP contribution in [0.25, 0.3) is 0 Å². The van der Waals surface area contributed by atoms with Gasteiger partial charge in [0.1, 0.15) is 5.75 Å². The summed E-state index contributed by atoms with van der Waals surface area (Å²) in [6.07, 6.45) is 1.94. The molecule has 0 radical (unpaired) electrons. The zero-order valence-corrected chi connectivity index (χ0v) is 19.4. The molecule has 0 aliphatic carbocycles. The van der Waals surface area contributed by atoms with E-state index in [0.29, 0.717) is 18.2 Å². The Bertz CT molecular complexity index is 729. The summed E-state index contributed by atoms with van der Waals surface area (Å²) in [7, 11) is 2.34. The number of hydrogen-bond acceptors (Lipinski definition) is 5. The average molecular weight is 418 g/mol. The molecule has 0 heterocycles. The van der Waals surface area contributed by atoms with Crippen LogP contribution < -0.4 is 4.90 Å². The summed E-state index contributed by atoms with van der Waals surface area (Å²) >= 11 is 0. The Morgan fingerprint density at radius 2 is 1.66 bits per heavy atom. The number of phenols is 1. The number of para-hydroxylation sites is 1. The van der Waals surface area contributed by atoms with Gasteiger partial charge in [-0.05, 0) is 42.5 Å². The number of benzene rings is 2. The highest BCUT2D eigenvalue weighted by Crippen LogP contribution is 2.28. The highest BCUT2D eigenvalue weighted by Gasteiger charge is 2.37. The van der Waals surface area contributed by atoms with E-state index in [-0.39, 0.29) is 0 Å². The molecule has 0 amide bonds. The van der Waals surface area contributed by atoms with Gasteiger partial charge in [-0.2, -0.15) is 0 Å². The lowest BCUT2D eigenvalue weighted by Gasteiger charge is -2.28. The fourth-order valence-corrected chi connectivity index (χ4v) is 5.16. The minimum atomic E-state index is -2.59. The summed E-state index contributed by atoms with van der Waals surface area (Å²) < 4.78 is 16.7. The van der Waals surface area contributed by atoms with E-state index in [0.717, 1.165) is 36.7 Å². The van der Waals surface area contributed by atoms with E-state index in [1.807, 2.05) is 30.3 Å². The summed E-state index contributed by atoms with van der Waals surface area (Å²) in [5, 5.41) is 10.5. The molecule has 160 valence electrons. The smallest absolute Gasteiger partial charge is 0.500 e. The Hall–Kier alpha value is -1.86. The number of rotatable bonds is 12. The number of nitrogens with zero attached hydrogens (tertiary/aromatic N) is 1. The first kappa shape index (κ1) is 23.4. The largest absolute Gasteiger partial charge is 0.508 e. The predicted octanol–water partition coefficient (Wildman–Crippen LogP) is 5.18. The molecule has 29 heavy (non-hydrogen) atoms. The van der Waals surface area contributed by atoms with Crippen molar-refractivity contribution < 1.29 is 18.4 Å². The molecule has 6 heteroatoms. The SMILES string of the molecule is CCC(C)c1ccc(O)c(CN(CCC[Si](OC)(OC)OC)c2ccccc2)c1. The molecule has 2 rings (SSSR count). The highest BCUT2D eigenvalue weighted by atomic mass is 28.4. The van der Waals surface area contributed by atoms with E-state index in [4.69, 9.17) is 13.3 Å². The third kappa shape index (κ3) is 6.31. The lowest BCUT2D eigenvalue weighted by molar-refractivity contribution is 0.123. The van der Waals surface area contributed by atoms with Crippen LogP contribution in [0.1, 0.15) is 43.7 Å². The van der Waals surface area contributed by atoms with Crippen molar-refractivity contribution in [2.24, 2.45) is 0 Å². The molecule has 0 saturated carbocycles. The molecule has 1 N–H and O–H groups in total. The first-order valence-corrected chi connectivity index (χ1v) is 12.2. The van der Waals surface area contributed by atoms with E-state index >= 15 is 0 Å². The van der Waals surface area contributed by atoms with Crippen molar-refractivity contribution in [1.82, 2.24) is 0 Å². The van der Waals surface area contributed by atoms with Gasteiger partial charge in [0.2, 0.25) is 0 Å². The molecule has 0 aromatic heterocycles. The number of anilines is 1. The summed E-state index contributed by atoms with van der Waals surface area (Å²) in [6, 6.07) is 17.0.